The van der Waals surface area contributed by atoms with E-state index in [1.165, 1.54) is 22.5 Å². The summed E-state index contributed by atoms with van der Waals surface area (Å²) in [5, 5.41) is 0.826. The predicted molar refractivity (Wildman–Crippen MR) is 90.5 cm³/mol. The van der Waals surface area contributed by atoms with E-state index in [0.29, 0.717) is 0 Å². The van der Waals surface area contributed by atoms with Gasteiger partial charge in [-0.1, -0.05) is 43.5 Å². The van der Waals surface area contributed by atoms with E-state index in [0.717, 1.165) is 33.7 Å². The second-order valence-corrected chi connectivity index (χ2v) is 7.44. The molecule has 4 rings (SSSR count). The molecular weight excluding hydrogens is 403 g/mol. The van der Waals surface area contributed by atoms with Crippen molar-refractivity contribution in [3.63, 3.8) is 0 Å². The molecule has 2 aliphatic heterocycles. The van der Waals surface area contributed by atoms with Crippen molar-refractivity contribution in [2.24, 2.45) is 0 Å². The van der Waals surface area contributed by atoms with Gasteiger partial charge in [0.25, 0.3) is 0 Å². The maximum atomic E-state index is 6.45. The highest BCUT2D eigenvalue weighted by Gasteiger charge is 2.30. The van der Waals surface area contributed by atoms with Gasteiger partial charge in [0.15, 0.2) is 0 Å². The van der Waals surface area contributed by atoms with E-state index < -0.39 is 0 Å². The minimum Gasteiger partial charge on any atom is -0.349 e. The Kier molecular flexibility index (Phi) is 3.02. The molecule has 2 nitrogen and oxygen atoms in total. The zero-order valence-corrected chi connectivity index (χ0v) is 14.5. The summed E-state index contributed by atoms with van der Waals surface area (Å²) in [5.74, 6) is 0. The van der Waals surface area contributed by atoms with Crippen molar-refractivity contribution >= 4 is 54.8 Å². The average molecular weight is 415 g/mol. The highest BCUT2D eigenvalue weighted by molar-refractivity contribution is 9.10. The average Bonchev–Trinajstić information content (AvgIpc) is 2.36. The molecule has 2 aromatic carbocycles. The number of fused-ring (bicyclic) bond motifs is 6. The van der Waals surface area contributed by atoms with Gasteiger partial charge in [0.1, 0.15) is 0 Å². The van der Waals surface area contributed by atoms with E-state index >= 15 is 0 Å². The Balaban J connectivity index is 1.86. The molecule has 0 aromatic heterocycles. The molecule has 2 aromatic rings. The summed E-state index contributed by atoms with van der Waals surface area (Å²) in [6.45, 7) is 2.71. The molecule has 5 heteroatoms. The van der Waals surface area contributed by atoms with Crippen molar-refractivity contribution in [1.29, 1.82) is 0 Å². The zero-order chi connectivity index (χ0) is 13.9. The summed E-state index contributed by atoms with van der Waals surface area (Å²) in [6, 6.07) is 10.7. The molecule has 0 spiro atoms. The molecule has 0 saturated carbocycles. The van der Waals surface area contributed by atoms with Crippen LogP contribution >= 0.6 is 43.5 Å². The molecule has 0 saturated heterocycles. The van der Waals surface area contributed by atoms with Crippen molar-refractivity contribution in [2.75, 3.05) is 16.5 Å². The van der Waals surface area contributed by atoms with Crippen LogP contribution in [0.1, 0.15) is 11.1 Å². The van der Waals surface area contributed by atoms with E-state index in [9.17, 15) is 0 Å². The fourth-order valence-electron chi connectivity index (χ4n) is 3.11. The summed E-state index contributed by atoms with van der Waals surface area (Å²) in [5.41, 5.74) is 5.13. The maximum Gasteiger partial charge on any atom is 0.0910 e. The summed E-state index contributed by atoms with van der Waals surface area (Å²) < 4.78 is 2.17. The maximum absolute atomic E-state index is 6.45. The molecule has 0 radical (unpaired) electrons. The number of rotatable bonds is 0. The minimum atomic E-state index is 0.826. The van der Waals surface area contributed by atoms with Crippen LogP contribution in [0.3, 0.4) is 0 Å². The van der Waals surface area contributed by atoms with Crippen LogP contribution in [0.4, 0.5) is 11.4 Å². The Labute approximate surface area is 139 Å². The molecule has 0 unspecified atom stereocenters. The van der Waals surface area contributed by atoms with Gasteiger partial charge >= 0.3 is 0 Å². The topological polar surface area (TPSA) is 6.48 Å². The van der Waals surface area contributed by atoms with Gasteiger partial charge in [-0.25, -0.2) is 0 Å². The monoisotopic (exact) mass is 412 g/mol. The van der Waals surface area contributed by atoms with Gasteiger partial charge in [-0.15, -0.1) is 0 Å². The molecule has 2 bridgehead atoms. The first-order chi connectivity index (χ1) is 9.61. The second kappa shape index (κ2) is 4.65. The largest absolute Gasteiger partial charge is 0.349 e. The molecule has 20 heavy (non-hydrogen) atoms. The molecule has 0 aliphatic carbocycles. The number of halogens is 3. The van der Waals surface area contributed by atoms with Gasteiger partial charge in [0.2, 0.25) is 0 Å². The van der Waals surface area contributed by atoms with E-state index in [4.69, 9.17) is 11.6 Å². The van der Waals surface area contributed by atoms with Crippen LogP contribution in [0.25, 0.3) is 0 Å². The van der Waals surface area contributed by atoms with Crippen molar-refractivity contribution < 1.29 is 0 Å². The molecule has 2 heterocycles. The Bertz CT molecular complexity index is 717. The highest BCUT2D eigenvalue weighted by atomic mass is 79.9. The minimum absolute atomic E-state index is 0.826. The summed E-state index contributed by atoms with van der Waals surface area (Å²) in [4.78, 5) is 4.75. The Morgan fingerprint density at radius 2 is 1.65 bits per heavy atom. The van der Waals surface area contributed by atoms with Gasteiger partial charge in [-0.2, -0.15) is 0 Å². The van der Waals surface area contributed by atoms with Crippen LogP contribution in [0.5, 0.6) is 0 Å². The predicted octanol–water partition coefficient (Wildman–Crippen LogP) is 5.16. The van der Waals surface area contributed by atoms with Gasteiger partial charge < -0.3 is 9.80 Å². The van der Waals surface area contributed by atoms with Gasteiger partial charge in [-0.05, 0) is 41.5 Å². The Hall–Kier alpha value is -0.710. The van der Waals surface area contributed by atoms with E-state index in [1.807, 2.05) is 6.07 Å². The number of hydrogen-bond donors (Lipinski definition) is 0. The third kappa shape index (κ3) is 1.97. The lowest BCUT2D eigenvalue weighted by atomic mass is 10.0. The van der Waals surface area contributed by atoms with Gasteiger partial charge in [0, 0.05) is 27.7 Å². The normalized spacial score (nSPS) is 15.9. The van der Waals surface area contributed by atoms with Crippen LogP contribution in [0.2, 0.25) is 5.02 Å². The Morgan fingerprint density at radius 3 is 2.50 bits per heavy atom. The Morgan fingerprint density at radius 1 is 0.900 bits per heavy atom. The van der Waals surface area contributed by atoms with Crippen LogP contribution in [0.15, 0.2) is 39.3 Å². The quantitative estimate of drug-likeness (QED) is 0.587. The van der Waals surface area contributed by atoms with E-state index in [-0.39, 0.29) is 0 Å². The van der Waals surface area contributed by atoms with Gasteiger partial charge in [0.05, 0.1) is 17.4 Å². The molecular formula is C15H11Br2ClN2. The lowest BCUT2D eigenvalue weighted by Crippen LogP contribution is -2.46. The fraction of sp³-hybridized carbons (Fsp3) is 0.200. The molecule has 102 valence electrons. The summed E-state index contributed by atoms with van der Waals surface area (Å²) >= 11 is 13.5. The van der Waals surface area contributed by atoms with Crippen molar-refractivity contribution in [2.45, 2.75) is 13.1 Å². The number of benzene rings is 2. The van der Waals surface area contributed by atoms with Crippen LogP contribution in [-0.2, 0) is 13.1 Å². The number of hydrogen-bond acceptors (Lipinski definition) is 2. The third-order valence-electron chi connectivity index (χ3n) is 3.87. The molecule has 0 N–H and O–H groups in total. The summed E-state index contributed by atoms with van der Waals surface area (Å²) in [6.07, 6.45) is 0. The first kappa shape index (κ1) is 13.0. The highest BCUT2D eigenvalue weighted by Crippen LogP contribution is 2.43. The first-order valence-electron chi connectivity index (χ1n) is 6.38. The van der Waals surface area contributed by atoms with Gasteiger partial charge in [-0.3, -0.25) is 0 Å². The lowest BCUT2D eigenvalue weighted by molar-refractivity contribution is 0.650. The SMILES string of the molecule is Clc1cc(Br)cc2c1N1Cc3cc(Br)ccc3N(C2)C1. The van der Waals surface area contributed by atoms with Crippen molar-refractivity contribution in [3.05, 3.63) is 55.4 Å². The van der Waals surface area contributed by atoms with E-state index in [1.54, 1.807) is 0 Å². The molecule has 2 aliphatic rings. The van der Waals surface area contributed by atoms with Crippen LogP contribution in [-0.4, -0.2) is 6.67 Å². The second-order valence-electron chi connectivity index (χ2n) is 5.21. The van der Waals surface area contributed by atoms with E-state index in [2.05, 4.69) is 65.9 Å². The van der Waals surface area contributed by atoms with Crippen LogP contribution < -0.4 is 9.80 Å². The fourth-order valence-corrected chi connectivity index (χ4v) is 4.52. The number of nitrogens with zero attached hydrogens (tertiary/aromatic N) is 2. The molecule has 0 atom stereocenters. The van der Waals surface area contributed by atoms with Crippen molar-refractivity contribution in [3.8, 4) is 0 Å². The van der Waals surface area contributed by atoms with Crippen LogP contribution in [0, 0.1) is 0 Å². The smallest absolute Gasteiger partial charge is 0.0910 e. The first-order valence-corrected chi connectivity index (χ1v) is 8.34. The third-order valence-corrected chi connectivity index (χ3v) is 5.11. The standard InChI is InChI=1S/C15H11Br2ClN2/c16-11-1-2-14-9(3-11)6-20-8-19(14)7-10-4-12(17)5-13(18)15(10)20/h1-5H,6-8H2. The zero-order valence-electron chi connectivity index (χ0n) is 10.5. The molecule has 0 fully saturated rings. The van der Waals surface area contributed by atoms with Crippen molar-refractivity contribution in [1.82, 2.24) is 0 Å². The molecule has 0 amide bonds. The summed E-state index contributed by atoms with van der Waals surface area (Å²) in [7, 11) is 0. The number of anilines is 2. The lowest BCUT2D eigenvalue weighted by Gasteiger charge is -2.45.